The van der Waals surface area contributed by atoms with Crippen LogP contribution in [0, 0.1) is 6.92 Å². The van der Waals surface area contributed by atoms with Crippen molar-refractivity contribution >= 4 is 41.3 Å². The minimum Gasteiger partial charge on any atom is -0.356 e. The molecule has 5 heteroatoms. The van der Waals surface area contributed by atoms with Crippen LogP contribution >= 0.6 is 35.3 Å². The predicted octanol–water partition coefficient (Wildman–Crippen LogP) is 2.11. The lowest BCUT2D eigenvalue weighted by Crippen LogP contribution is -2.36. The van der Waals surface area contributed by atoms with E-state index < -0.39 is 0 Å². The second kappa shape index (κ2) is 6.44. The van der Waals surface area contributed by atoms with Gasteiger partial charge in [-0.15, -0.1) is 35.3 Å². The zero-order valence-corrected chi connectivity index (χ0v) is 12.8. The summed E-state index contributed by atoms with van der Waals surface area (Å²) in [6, 6.07) is 2.18. The highest BCUT2D eigenvalue weighted by molar-refractivity contribution is 14.0. The van der Waals surface area contributed by atoms with Crippen LogP contribution in [-0.4, -0.2) is 37.5 Å². The first kappa shape index (κ1) is 13.8. The number of hydrogen-bond acceptors (Lipinski definition) is 4. The van der Waals surface area contributed by atoms with E-state index in [2.05, 4.69) is 40.6 Å². The second-order valence-electron chi connectivity index (χ2n) is 3.83. The van der Waals surface area contributed by atoms with E-state index in [1.54, 1.807) is 0 Å². The highest BCUT2D eigenvalue weighted by Gasteiger charge is 2.11. The summed E-state index contributed by atoms with van der Waals surface area (Å²) in [5.74, 6) is 1.05. The largest absolute Gasteiger partial charge is 0.356 e. The number of likely N-dealkylation sites (N-methyl/N-ethyl adjacent to an activating group) is 1. The van der Waals surface area contributed by atoms with E-state index in [4.69, 9.17) is 0 Å². The number of aliphatic imine (C=N–C) groups is 1. The quantitative estimate of drug-likeness (QED) is 0.845. The monoisotopic (exact) mass is 351 g/mol. The number of hydrogen-bond donors (Lipinski definition) is 1. The maximum Gasteiger partial charge on any atom is 0.193 e. The van der Waals surface area contributed by atoms with Gasteiger partial charge in [0.15, 0.2) is 5.96 Å². The minimum absolute atomic E-state index is 0. The number of rotatable bonds is 3. The molecule has 0 saturated carbocycles. The molecule has 3 nitrogen and oxygen atoms in total. The van der Waals surface area contributed by atoms with Crippen molar-refractivity contribution in [2.24, 2.45) is 4.99 Å². The summed E-state index contributed by atoms with van der Waals surface area (Å²) in [5, 5.41) is 5.54. The molecule has 90 valence electrons. The molecule has 0 saturated heterocycles. The fourth-order valence-corrected chi connectivity index (χ4v) is 2.58. The van der Waals surface area contributed by atoms with E-state index in [0.29, 0.717) is 0 Å². The molecule has 0 unspecified atom stereocenters. The Morgan fingerprint density at radius 3 is 2.94 bits per heavy atom. The first-order valence-electron chi connectivity index (χ1n) is 5.30. The van der Waals surface area contributed by atoms with Crippen molar-refractivity contribution in [1.29, 1.82) is 0 Å². The molecule has 2 heterocycles. The molecule has 2 rings (SSSR count). The predicted molar refractivity (Wildman–Crippen MR) is 81.1 cm³/mol. The number of nitrogens with zero attached hydrogens (tertiary/aromatic N) is 2. The smallest absolute Gasteiger partial charge is 0.193 e. The summed E-state index contributed by atoms with van der Waals surface area (Å²) >= 11 is 1.84. The van der Waals surface area contributed by atoms with Crippen LogP contribution in [-0.2, 0) is 6.42 Å². The zero-order valence-electron chi connectivity index (χ0n) is 9.69. The summed E-state index contributed by atoms with van der Waals surface area (Å²) in [4.78, 5) is 8.04. The molecule has 0 atom stereocenters. The van der Waals surface area contributed by atoms with Crippen molar-refractivity contribution in [3.05, 3.63) is 21.9 Å². The average molecular weight is 351 g/mol. The molecule has 0 fully saturated rings. The van der Waals surface area contributed by atoms with Gasteiger partial charge in [0, 0.05) is 25.0 Å². The van der Waals surface area contributed by atoms with E-state index in [1.165, 1.54) is 10.4 Å². The second-order valence-corrected chi connectivity index (χ2v) is 4.83. The van der Waals surface area contributed by atoms with Gasteiger partial charge >= 0.3 is 0 Å². The van der Waals surface area contributed by atoms with Crippen molar-refractivity contribution in [1.82, 2.24) is 10.2 Å². The number of guanidine groups is 1. The third-order valence-electron chi connectivity index (χ3n) is 2.66. The summed E-state index contributed by atoms with van der Waals surface area (Å²) in [6.07, 6.45) is 1.09. The lowest BCUT2D eigenvalue weighted by Gasteiger charge is -2.14. The maximum atomic E-state index is 4.39. The van der Waals surface area contributed by atoms with E-state index in [1.807, 2.05) is 11.3 Å². The fourth-order valence-electron chi connectivity index (χ4n) is 1.67. The molecule has 1 aliphatic heterocycles. The third-order valence-corrected chi connectivity index (χ3v) is 3.74. The van der Waals surface area contributed by atoms with E-state index in [0.717, 1.165) is 32.0 Å². The van der Waals surface area contributed by atoms with Crippen LogP contribution in [0.4, 0.5) is 0 Å². The molecule has 1 aromatic heterocycles. The molecule has 0 bridgehead atoms. The Kier molecular flexibility index (Phi) is 5.54. The van der Waals surface area contributed by atoms with Gasteiger partial charge in [-0.2, -0.15) is 0 Å². The summed E-state index contributed by atoms with van der Waals surface area (Å²) in [6.45, 7) is 5.12. The van der Waals surface area contributed by atoms with Gasteiger partial charge in [-0.05, 0) is 30.4 Å². The standard InChI is InChI=1S/C11H17N3S.HI/c1-9-4-8-15-10(9)3-5-12-11-13-6-7-14(11)2;/h4,8H,3,5-7H2,1-2H3,(H,12,13);1H. The van der Waals surface area contributed by atoms with Crippen molar-refractivity contribution in [3.63, 3.8) is 0 Å². The van der Waals surface area contributed by atoms with Crippen LogP contribution in [0.5, 0.6) is 0 Å². The van der Waals surface area contributed by atoms with Crippen molar-refractivity contribution in [2.45, 2.75) is 13.3 Å². The van der Waals surface area contributed by atoms with Gasteiger partial charge in [-0.1, -0.05) is 0 Å². The topological polar surface area (TPSA) is 27.6 Å². The van der Waals surface area contributed by atoms with Gasteiger partial charge in [0.1, 0.15) is 0 Å². The van der Waals surface area contributed by atoms with E-state index >= 15 is 0 Å². The zero-order chi connectivity index (χ0) is 10.7. The normalized spacial score (nSPS) is 14.6. The van der Waals surface area contributed by atoms with Gasteiger partial charge in [0.25, 0.3) is 0 Å². The van der Waals surface area contributed by atoms with Gasteiger partial charge < -0.3 is 10.2 Å². The van der Waals surface area contributed by atoms with Crippen molar-refractivity contribution in [3.8, 4) is 0 Å². The summed E-state index contributed by atoms with van der Waals surface area (Å²) in [7, 11) is 2.08. The van der Waals surface area contributed by atoms with Crippen LogP contribution in [0.25, 0.3) is 0 Å². The Morgan fingerprint density at radius 1 is 1.56 bits per heavy atom. The van der Waals surface area contributed by atoms with Crippen LogP contribution in [0.3, 0.4) is 0 Å². The van der Waals surface area contributed by atoms with Crippen LogP contribution < -0.4 is 5.32 Å². The molecule has 1 N–H and O–H groups in total. The van der Waals surface area contributed by atoms with Crippen LogP contribution in [0.2, 0.25) is 0 Å². The molecule has 0 amide bonds. The lowest BCUT2D eigenvalue weighted by atomic mass is 10.2. The molecule has 1 aromatic rings. The van der Waals surface area contributed by atoms with Crippen LogP contribution in [0.1, 0.15) is 10.4 Å². The molecule has 1 aliphatic rings. The van der Waals surface area contributed by atoms with E-state index in [-0.39, 0.29) is 24.0 Å². The highest BCUT2D eigenvalue weighted by Crippen LogP contribution is 2.15. The Labute approximate surface area is 118 Å². The highest BCUT2D eigenvalue weighted by atomic mass is 127. The molecular weight excluding hydrogens is 333 g/mol. The minimum atomic E-state index is 0. The van der Waals surface area contributed by atoms with E-state index in [9.17, 15) is 0 Å². The third kappa shape index (κ3) is 3.35. The Hall–Kier alpha value is -0.300. The van der Waals surface area contributed by atoms with Gasteiger partial charge in [-0.3, -0.25) is 4.99 Å². The SMILES string of the molecule is Cc1ccsc1CCNC1=NCCN1C.I. The van der Waals surface area contributed by atoms with Crippen LogP contribution in [0.15, 0.2) is 16.4 Å². The molecule has 0 radical (unpaired) electrons. The molecular formula is C11H18IN3S. The average Bonchev–Trinajstić information content (AvgIpc) is 2.78. The Balaban J connectivity index is 0.00000128. The Bertz CT molecular complexity index is 362. The molecule has 0 spiro atoms. The van der Waals surface area contributed by atoms with Gasteiger partial charge in [0.05, 0.1) is 6.54 Å². The van der Waals surface area contributed by atoms with Gasteiger partial charge in [-0.25, -0.2) is 0 Å². The van der Waals surface area contributed by atoms with Gasteiger partial charge in [0.2, 0.25) is 0 Å². The summed E-state index contributed by atoms with van der Waals surface area (Å²) < 4.78 is 0. The number of nitrogens with one attached hydrogen (secondary N) is 1. The first-order chi connectivity index (χ1) is 7.27. The molecule has 0 aliphatic carbocycles. The lowest BCUT2D eigenvalue weighted by molar-refractivity contribution is 0.534. The van der Waals surface area contributed by atoms with Crippen molar-refractivity contribution in [2.75, 3.05) is 26.7 Å². The Morgan fingerprint density at radius 2 is 2.38 bits per heavy atom. The molecule has 0 aromatic carbocycles. The molecule has 16 heavy (non-hydrogen) atoms. The number of aryl methyl sites for hydroxylation is 1. The van der Waals surface area contributed by atoms with Crippen molar-refractivity contribution < 1.29 is 0 Å². The summed E-state index contributed by atoms with van der Waals surface area (Å²) in [5.41, 5.74) is 1.41. The first-order valence-corrected chi connectivity index (χ1v) is 6.18. The maximum absolute atomic E-state index is 4.39. The number of halogens is 1. The fraction of sp³-hybridized carbons (Fsp3) is 0.545. The number of thiophene rings is 1.